The Balaban J connectivity index is 1.87. The molecule has 0 aliphatic heterocycles. The van der Waals surface area contributed by atoms with Crippen molar-refractivity contribution in [1.82, 2.24) is 14.5 Å². The lowest BCUT2D eigenvalue weighted by molar-refractivity contribution is 0.102. The summed E-state index contributed by atoms with van der Waals surface area (Å²) in [6, 6.07) is 7.92. The first-order chi connectivity index (χ1) is 13.3. The average Bonchev–Trinajstić information content (AvgIpc) is 3.19. The molecule has 0 saturated heterocycles. The third-order valence-electron chi connectivity index (χ3n) is 4.40. The van der Waals surface area contributed by atoms with Crippen molar-refractivity contribution in [2.75, 3.05) is 18.5 Å². The van der Waals surface area contributed by atoms with Gasteiger partial charge in [0, 0.05) is 25.2 Å². The molecule has 0 aliphatic carbocycles. The van der Waals surface area contributed by atoms with Crippen molar-refractivity contribution in [2.45, 2.75) is 53.0 Å². The normalized spacial score (nSPS) is 11.9. The Morgan fingerprint density at radius 1 is 1.25 bits per heavy atom. The predicted octanol–water partition coefficient (Wildman–Crippen LogP) is 4.78. The molecule has 3 aromatic rings. The number of anilines is 1. The van der Waals surface area contributed by atoms with Crippen molar-refractivity contribution in [3.8, 4) is 0 Å². The number of imidazole rings is 1. The van der Waals surface area contributed by atoms with Crippen LogP contribution in [0.5, 0.6) is 0 Å². The van der Waals surface area contributed by atoms with Crippen molar-refractivity contribution < 1.29 is 9.53 Å². The topological polar surface area (TPSA) is 69.0 Å². The number of carbonyl (C=O) groups is 1. The number of benzene rings is 1. The first kappa shape index (κ1) is 20.5. The van der Waals surface area contributed by atoms with E-state index in [9.17, 15) is 4.79 Å². The number of hydrogen-bond acceptors (Lipinski definition) is 5. The molecule has 6 nitrogen and oxygen atoms in total. The molecule has 1 amide bonds. The Labute approximate surface area is 170 Å². The third kappa shape index (κ3) is 4.42. The van der Waals surface area contributed by atoms with Gasteiger partial charge in [0.1, 0.15) is 4.88 Å². The van der Waals surface area contributed by atoms with E-state index in [2.05, 4.69) is 36.1 Å². The van der Waals surface area contributed by atoms with Crippen LogP contribution in [0.3, 0.4) is 0 Å². The maximum absolute atomic E-state index is 13.0. The maximum Gasteiger partial charge on any atom is 0.269 e. The van der Waals surface area contributed by atoms with Crippen LogP contribution in [0.2, 0.25) is 0 Å². The minimum atomic E-state index is -0.160. The quantitative estimate of drug-likeness (QED) is 0.580. The summed E-state index contributed by atoms with van der Waals surface area (Å²) in [5.41, 5.74) is 2.54. The second kappa shape index (κ2) is 8.41. The summed E-state index contributed by atoms with van der Waals surface area (Å²) in [7, 11) is 0. The van der Waals surface area contributed by atoms with Crippen LogP contribution in [0.4, 0.5) is 5.95 Å². The van der Waals surface area contributed by atoms with Gasteiger partial charge in [-0.15, -0.1) is 11.3 Å². The number of rotatable bonds is 7. The van der Waals surface area contributed by atoms with Gasteiger partial charge in [-0.25, -0.2) is 9.97 Å². The van der Waals surface area contributed by atoms with Gasteiger partial charge < -0.3 is 9.30 Å². The lowest BCUT2D eigenvalue weighted by Gasteiger charge is -2.13. The molecule has 0 bridgehead atoms. The van der Waals surface area contributed by atoms with E-state index in [0.29, 0.717) is 24.0 Å². The predicted molar refractivity (Wildman–Crippen MR) is 114 cm³/mol. The Morgan fingerprint density at radius 3 is 2.68 bits per heavy atom. The number of amides is 1. The minimum absolute atomic E-state index is 0.0830. The van der Waals surface area contributed by atoms with E-state index in [1.807, 2.05) is 42.7 Å². The summed E-state index contributed by atoms with van der Waals surface area (Å²) in [6.45, 7) is 12.3. The highest BCUT2D eigenvalue weighted by molar-refractivity contribution is 7.14. The Morgan fingerprint density at radius 2 is 2.00 bits per heavy atom. The number of aryl methyl sites for hydroxylation is 2. The first-order valence-corrected chi connectivity index (χ1v) is 10.4. The zero-order valence-corrected chi connectivity index (χ0v) is 18.0. The molecule has 7 heteroatoms. The molecule has 150 valence electrons. The van der Waals surface area contributed by atoms with Crippen LogP contribution in [0.1, 0.15) is 54.5 Å². The highest BCUT2D eigenvalue weighted by Gasteiger charge is 2.24. The number of nitrogens with zero attached hydrogens (tertiary/aromatic N) is 3. The van der Waals surface area contributed by atoms with E-state index < -0.39 is 0 Å². The number of hydrogen-bond donors (Lipinski definition) is 1. The molecular formula is C21H28N4O2S. The Kier molecular flexibility index (Phi) is 6.15. The van der Waals surface area contributed by atoms with Crippen molar-refractivity contribution in [1.29, 1.82) is 0 Å². The highest BCUT2D eigenvalue weighted by atomic mass is 32.1. The van der Waals surface area contributed by atoms with Gasteiger partial charge in [-0.1, -0.05) is 32.9 Å². The molecule has 0 saturated carbocycles. The van der Waals surface area contributed by atoms with E-state index in [0.717, 1.165) is 34.7 Å². The average molecular weight is 401 g/mol. The van der Waals surface area contributed by atoms with Gasteiger partial charge >= 0.3 is 0 Å². The molecule has 0 unspecified atom stereocenters. The van der Waals surface area contributed by atoms with E-state index in [1.54, 1.807) is 0 Å². The number of aromatic nitrogens is 3. The van der Waals surface area contributed by atoms with E-state index in [1.165, 1.54) is 11.3 Å². The summed E-state index contributed by atoms with van der Waals surface area (Å²) >= 11 is 1.45. The molecule has 0 atom stereocenters. The molecule has 3 rings (SSSR count). The second-order valence-corrected chi connectivity index (χ2v) is 8.76. The van der Waals surface area contributed by atoms with Crippen LogP contribution in [0.15, 0.2) is 24.3 Å². The van der Waals surface area contributed by atoms with Crippen molar-refractivity contribution >= 4 is 34.2 Å². The number of carbonyl (C=O) groups excluding carboxylic acids is 1. The van der Waals surface area contributed by atoms with Gasteiger partial charge in [-0.3, -0.25) is 10.1 Å². The van der Waals surface area contributed by atoms with Gasteiger partial charge in [0.05, 0.1) is 21.7 Å². The summed E-state index contributed by atoms with van der Waals surface area (Å²) in [5.74, 6) is 0.402. The number of para-hydroxylation sites is 2. The molecule has 0 fully saturated rings. The van der Waals surface area contributed by atoms with Gasteiger partial charge in [0.15, 0.2) is 0 Å². The fourth-order valence-corrected chi connectivity index (χ4v) is 3.97. The molecule has 0 aliphatic rings. The summed E-state index contributed by atoms with van der Waals surface area (Å²) in [4.78, 5) is 22.8. The third-order valence-corrected chi connectivity index (χ3v) is 5.98. The van der Waals surface area contributed by atoms with E-state index >= 15 is 0 Å². The van der Waals surface area contributed by atoms with Crippen LogP contribution in [-0.2, 0) is 16.7 Å². The Hall–Kier alpha value is -2.25. The van der Waals surface area contributed by atoms with Crippen molar-refractivity contribution in [2.24, 2.45) is 0 Å². The summed E-state index contributed by atoms with van der Waals surface area (Å²) < 4.78 is 7.51. The van der Waals surface area contributed by atoms with Crippen LogP contribution >= 0.6 is 11.3 Å². The van der Waals surface area contributed by atoms with Gasteiger partial charge in [-0.05, 0) is 32.4 Å². The molecule has 0 spiro atoms. The van der Waals surface area contributed by atoms with Crippen LogP contribution in [-0.4, -0.2) is 33.7 Å². The molecular weight excluding hydrogens is 372 g/mol. The van der Waals surface area contributed by atoms with Crippen LogP contribution in [0, 0.1) is 6.92 Å². The fourth-order valence-electron chi connectivity index (χ4n) is 2.95. The van der Waals surface area contributed by atoms with E-state index in [4.69, 9.17) is 4.74 Å². The first-order valence-electron chi connectivity index (χ1n) is 9.63. The van der Waals surface area contributed by atoms with Gasteiger partial charge in [0.2, 0.25) is 5.95 Å². The SMILES string of the molecule is CCOCCCn1c(NC(=O)c2sc(C(C)(C)C)nc2C)nc2ccccc21. The molecule has 2 heterocycles. The minimum Gasteiger partial charge on any atom is -0.382 e. The largest absolute Gasteiger partial charge is 0.382 e. The standard InChI is InChI=1S/C21H28N4O2S/c1-6-27-13-9-12-25-16-11-8-7-10-15(16)23-20(25)24-18(26)17-14(2)22-19(28-17)21(3,4)5/h7-8,10-11H,6,9,12-13H2,1-5H3,(H,23,24,26). The van der Waals surface area contributed by atoms with Crippen LogP contribution in [0.25, 0.3) is 11.0 Å². The molecule has 28 heavy (non-hydrogen) atoms. The lowest BCUT2D eigenvalue weighted by Crippen LogP contribution is -2.16. The highest BCUT2D eigenvalue weighted by Crippen LogP contribution is 2.30. The fraction of sp³-hybridized carbons (Fsp3) is 0.476. The monoisotopic (exact) mass is 400 g/mol. The van der Waals surface area contributed by atoms with Gasteiger partial charge in [0.25, 0.3) is 5.91 Å². The second-order valence-electron chi connectivity index (χ2n) is 7.76. The van der Waals surface area contributed by atoms with Crippen LogP contribution < -0.4 is 5.32 Å². The zero-order chi connectivity index (χ0) is 20.3. The van der Waals surface area contributed by atoms with Crippen molar-refractivity contribution in [3.63, 3.8) is 0 Å². The number of ether oxygens (including phenoxy) is 1. The smallest absolute Gasteiger partial charge is 0.269 e. The maximum atomic E-state index is 13.0. The van der Waals surface area contributed by atoms with Gasteiger partial charge in [-0.2, -0.15) is 0 Å². The lowest BCUT2D eigenvalue weighted by atomic mass is 9.98. The number of thiazole rings is 1. The summed E-state index contributed by atoms with van der Waals surface area (Å²) in [5, 5.41) is 3.96. The number of nitrogens with one attached hydrogen (secondary N) is 1. The van der Waals surface area contributed by atoms with E-state index in [-0.39, 0.29) is 11.3 Å². The molecule has 2 aromatic heterocycles. The zero-order valence-electron chi connectivity index (χ0n) is 17.2. The molecule has 1 aromatic carbocycles. The Bertz CT molecular complexity index is 969. The molecule has 0 radical (unpaired) electrons. The number of fused-ring (bicyclic) bond motifs is 1. The van der Waals surface area contributed by atoms with Crippen molar-refractivity contribution in [3.05, 3.63) is 39.8 Å². The summed E-state index contributed by atoms with van der Waals surface area (Å²) in [6.07, 6.45) is 0.852. The molecule has 1 N–H and O–H groups in total.